The van der Waals surface area contributed by atoms with Crippen molar-refractivity contribution in [3.8, 4) is 0 Å². The molecule has 1 aromatic rings. The van der Waals surface area contributed by atoms with Crippen LogP contribution < -0.4 is 4.90 Å². The minimum atomic E-state index is 0.337. The molecule has 2 heterocycles. The third kappa shape index (κ3) is 4.27. The van der Waals surface area contributed by atoms with Gasteiger partial charge in [-0.15, -0.1) is 0 Å². The van der Waals surface area contributed by atoms with Gasteiger partial charge in [0.25, 0.3) is 0 Å². The number of hydrogen-bond acceptors (Lipinski definition) is 4. The molecule has 2 fully saturated rings. The summed E-state index contributed by atoms with van der Waals surface area (Å²) in [5.74, 6) is 1.93. The fourth-order valence-corrected chi connectivity index (χ4v) is 4.77. The highest BCUT2D eigenvalue weighted by molar-refractivity contribution is 7.78. The first-order valence-electron chi connectivity index (χ1n) is 8.27. The molecule has 1 atom stereocenters. The molecule has 0 N–H and O–H groups in total. The fourth-order valence-electron chi connectivity index (χ4n) is 3.23. The van der Waals surface area contributed by atoms with Gasteiger partial charge in [0.1, 0.15) is 16.8 Å². The average Bonchev–Trinajstić information content (AvgIpc) is 2.54. The van der Waals surface area contributed by atoms with Crippen LogP contribution in [-0.2, 0) is 22.3 Å². The topological polar surface area (TPSA) is 38.2 Å². The van der Waals surface area contributed by atoms with E-state index < -0.39 is 0 Å². The number of aromatic nitrogens is 2. The summed E-state index contributed by atoms with van der Waals surface area (Å²) in [4.78, 5) is 11.1. The first-order chi connectivity index (χ1) is 10.7. The summed E-state index contributed by atoms with van der Waals surface area (Å²) in [6.45, 7) is 4.53. The molecule has 1 aliphatic carbocycles. The van der Waals surface area contributed by atoms with Crippen LogP contribution in [0.15, 0.2) is 6.07 Å². The number of morpholine rings is 1. The van der Waals surface area contributed by atoms with Gasteiger partial charge in [-0.05, 0) is 56.0 Å². The van der Waals surface area contributed by atoms with Crippen LogP contribution in [0.3, 0.4) is 0 Å². The molecule has 1 saturated carbocycles. The van der Waals surface area contributed by atoms with Gasteiger partial charge < -0.3 is 9.64 Å². The zero-order valence-corrected chi connectivity index (χ0v) is 14.8. The monoisotopic (exact) mass is 342 g/mol. The van der Waals surface area contributed by atoms with Gasteiger partial charge in [-0.1, -0.05) is 6.42 Å². The van der Waals surface area contributed by atoms with Gasteiger partial charge >= 0.3 is 0 Å². The van der Waals surface area contributed by atoms with Gasteiger partial charge in [-0.3, -0.25) is 0 Å². The molecule has 4 nitrogen and oxygen atoms in total. The Hall–Kier alpha value is -0.520. The molecular weight excluding hydrogens is 318 g/mol. The Morgan fingerprint density at radius 2 is 2.14 bits per heavy atom. The number of hydrogen-bond donors (Lipinski definition) is 0. The maximum absolute atomic E-state index is 6.16. The molecule has 1 aromatic heterocycles. The summed E-state index contributed by atoms with van der Waals surface area (Å²) in [5, 5.41) is 1.21. The van der Waals surface area contributed by atoms with Crippen LogP contribution >= 0.6 is 11.6 Å². The Kier molecular flexibility index (Phi) is 5.83. The van der Waals surface area contributed by atoms with Gasteiger partial charge in [0.15, 0.2) is 0 Å². The van der Waals surface area contributed by atoms with Crippen molar-refractivity contribution in [2.24, 2.45) is 0 Å². The number of rotatable bonds is 4. The van der Waals surface area contributed by atoms with Crippen LogP contribution in [0.1, 0.15) is 44.7 Å². The van der Waals surface area contributed by atoms with E-state index >= 15 is 0 Å². The van der Waals surface area contributed by atoms with Crippen molar-refractivity contribution in [1.82, 2.24) is 9.97 Å². The SMILES string of the molecule is C[C@H]1COCCN1c1cc(C[SH+]C2CCCCC2)nc(Cl)n1. The molecule has 0 bridgehead atoms. The van der Waals surface area contributed by atoms with Gasteiger partial charge in [0.05, 0.1) is 24.9 Å². The molecule has 0 aromatic carbocycles. The lowest BCUT2D eigenvalue weighted by molar-refractivity contribution is 0.0985. The van der Waals surface area contributed by atoms with Crippen molar-refractivity contribution in [1.29, 1.82) is 0 Å². The number of nitrogens with zero attached hydrogens (tertiary/aromatic N) is 3. The second kappa shape index (κ2) is 7.84. The largest absolute Gasteiger partial charge is 0.377 e. The highest BCUT2D eigenvalue weighted by Gasteiger charge is 2.23. The van der Waals surface area contributed by atoms with E-state index in [0.717, 1.165) is 42.3 Å². The van der Waals surface area contributed by atoms with Crippen molar-refractivity contribution >= 4 is 29.2 Å². The summed E-state index contributed by atoms with van der Waals surface area (Å²) >= 11 is 7.65. The van der Waals surface area contributed by atoms with Crippen molar-refractivity contribution in [3.63, 3.8) is 0 Å². The van der Waals surface area contributed by atoms with Crippen molar-refractivity contribution in [2.75, 3.05) is 24.7 Å². The van der Waals surface area contributed by atoms with E-state index in [9.17, 15) is 0 Å². The Bertz CT molecular complexity index is 496. The van der Waals surface area contributed by atoms with Gasteiger partial charge in [-0.2, -0.15) is 0 Å². The molecule has 6 heteroatoms. The quantitative estimate of drug-likeness (QED) is 0.479. The minimum absolute atomic E-state index is 0.337. The van der Waals surface area contributed by atoms with Gasteiger partial charge in [-0.25, -0.2) is 9.97 Å². The van der Waals surface area contributed by atoms with E-state index in [-0.39, 0.29) is 0 Å². The maximum atomic E-state index is 6.16. The summed E-state index contributed by atoms with van der Waals surface area (Å²) in [6.07, 6.45) is 6.92. The molecule has 22 heavy (non-hydrogen) atoms. The van der Waals surface area contributed by atoms with Crippen LogP contribution in [0.5, 0.6) is 0 Å². The zero-order valence-electron chi connectivity index (χ0n) is 13.2. The van der Waals surface area contributed by atoms with Gasteiger partial charge in [0.2, 0.25) is 5.28 Å². The fraction of sp³-hybridized carbons (Fsp3) is 0.750. The molecule has 0 radical (unpaired) electrons. The third-order valence-corrected chi connectivity index (χ3v) is 6.19. The molecule has 0 amide bonds. The predicted octanol–water partition coefficient (Wildman–Crippen LogP) is 3.00. The third-order valence-electron chi connectivity index (χ3n) is 4.49. The van der Waals surface area contributed by atoms with Crippen LogP contribution in [0, 0.1) is 0 Å². The standard InChI is InChI=1S/C16H24ClN3OS/c1-12-10-21-8-7-20(12)15-9-13(18-16(17)19-15)11-22-14-5-3-2-4-6-14/h9,12,14H,2-8,10-11H2,1H3/p+1/t12-/m0/s1. The van der Waals surface area contributed by atoms with Crippen molar-refractivity contribution in [2.45, 2.75) is 56.1 Å². The predicted molar refractivity (Wildman–Crippen MR) is 94.0 cm³/mol. The molecule has 0 unspecified atom stereocenters. The molecule has 1 aliphatic heterocycles. The minimum Gasteiger partial charge on any atom is -0.377 e. The molecule has 2 aliphatic rings. The highest BCUT2D eigenvalue weighted by Crippen LogP contribution is 2.24. The maximum Gasteiger partial charge on any atom is 0.224 e. The number of thiol groups is 1. The second-order valence-corrected chi connectivity index (χ2v) is 7.99. The Balaban J connectivity index is 1.66. The van der Waals surface area contributed by atoms with Crippen molar-refractivity contribution in [3.05, 3.63) is 17.0 Å². The van der Waals surface area contributed by atoms with Gasteiger partial charge in [0, 0.05) is 12.6 Å². The molecule has 0 spiro atoms. The number of ether oxygens (including phenoxy) is 1. The lowest BCUT2D eigenvalue weighted by atomic mass is 10.0. The summed E-state index contributed by atoms with van der Waals surface area (Å²) < 4.78 is 5.50. The molecular formula is C16H25ClN3OS+. The second-order valence-electron chi connectivity index (χ2n) is 6.24. The summed E-state index contributed by atoms with van der Waals surface area (Å²) in [5.41, 5.74) is 1.07. The van der Waals surface area contributed by atoms with Crippen LogP contribution in [0.2, 0.25) is 5.28 Å². The van der Waals surface area contributed by atoms with E-state index in [0.29, 0.717) is 11.3 Å². The average molecular weight is 343 g/mol. The molecule has 122 valence electrons. The van der Waals surface area contributed by atoms with Crippen LogP contribution in [0.4, 0.5) is 5.82 Å². The first-order valence-corrected chi connectivity index (χ1v) is 9.79. The Morgan fingerprint density at radius 1 is 1.32 bits per heavy atom. The van der Waals surface area contributed by atoms with Crippen LogP contribution in [0.25, 0.3) is 0 Å². The van der Waals surface area contributed by atoms with Crippen molar-refractivity contribution < 1.29 is 4.74 Å². The van der Waals surface area contributed by atoms with E-state index in [1.165, 1.54) is 43.9 Å². The van der Waals surface area contributed by atoms with E-state index in [1.807, 2.05) is 0 Å². The lowest BCUT2D eigenvalue weighted by Crippen LogP contribution is -2.44. The lowest BCUT2D eigenvalue weighted by Gasteiger charge is -2.34. The number of halogens is 1. The Morgan fingerprint density at radius 3 is 2.91 bits per heavy atom. The molecule has 3 rings (SSSR count). The normalized spacial score (nSPS) is 23.7. The summed E-state index contributed by atoms with van der Waals surface area (Å²) in [6, 6.07) is 2.45. The van der Waals surface area contributed by atoms with E-state index in [4.69, 9.17) is 16.3 Å². The van der Waals surface area contributed by atoms with E-state index in [1.54, 1.807) is 0 Å². The highest BCUT2D eigenvalue weighted by atomic mass is 35.5. The number of anilines is 1. The van der Waals surface area contributed by atoms with E-state index in [2.05, 4.69) is 27.9 Å². The summed E-state index contributed by atoms with van der Waals surface area (Å²) in [7, 11) is 0. The first kappa shape index (κ1) is 16.3. The Labute approximate surface area is 142 Å². The smallest absolute Gasteiger partial charge is 0.224 e. The zero-order chi connectivity index (χ0) is 15.4. The molecule has 1 saturated heterocycles. The van der Waals surface area contributed by atoms with Crippen LogP contribution in [-0.4, -0.2) is 41.0 Å².